The highest BCUT2D eigenvalue weighted by Crippen LogP contribution is 2.28. The van der Waals surface area contributed by atoms with Gasteiger partial charge in [0, 0.05) is 5.56 Å². The number of thioether (sulfide) groups is 1. The van der Waals surface area contributed by atoms with Crippen molar-refractivity contribution in [3.05, 3.63) is 29.8 Å². The first-order valence-corrected chi connectivity index (χ1v) is 7.47. The van der Waals surface area contributed by atoms with Crippen LogP contribution in [0.4, 0.5) is 0 Å². The van der Waals surface area contributed by atoms with Crippen LogP contribution in [0.2, 0.25) is 0 Å². The van der Waals surface area contributed by atoms with Crippen molar-refractivity contribution in [2.75, 3.05) is 0 Å². The molecule has 0 aliphatic carbocycles. The molecule has 0 saturated carbocycles. The van der Waals surface area contributed by atoms with E-state index in [0.29, 0.717) is 5.89 Å². The van der Waals surface area contributed by atoms with Crippen molar-refractivity contribution in [1.29, 1.82) is 0 Å². The highest BCUT2D eigenvalue weighted by Gasteiger charge is 2.16. The van der Waals surface area contributed by atoms with Gasteiger partial charge in [0.25, 0.3) is 5.22 Å². The van der Waals surface area contributed by atoms with Crippen LogP contribution < -0.4 is 5.11 Å². The van der Waals surface area contributed by atoms with Gasteiger partial charge in [-0.3, -0.25) is 0 Å². The summed E-state index contributed by atoms with van der Waals surface area (Å²) >= 11 is 0.972. The number of rotatable bonds is 4. The Kier molecular flexibility index (Phi) is 4.37. The minimum atomic E-state index is -1.16. The Labute approximate surface area is 127 Å². The standard InChI is InChI=1S/C15H18N2O3S/c1-9(13(18)19)21-14-17-16-12(20-14)10-5-7-11(8-6-10)15(2,3)4/h5-9H,1-4H3,(H,18,19)/p-1/t9-/m1/s1. The minimum Gasteiger partial charge on any atom is -0.549 e. The van der Waals surface area contributed by atoms with E-state index in [0.717, 1.165) is 17.3 Å². The molecule has 112 valence electrons. The predicted molar refractivity (Wildman–Crippen MR) is 78.8 cm³/mol. The normalized spacial score (nSPS) is 13.1. The molecule has 0 aliphatic heterocycles. The molecule has 2 aromatic rings. The number of hydrogen-bond acceptors (Lipinski definition) is 6. The quantitative estimate of drug-likeness (QED) is 0.806. The fourth-order valence-electron chi connectivity index (χ4n) is 1.69. The Balaban J connectivity index is 2.16. The second-order valence-corrected chi connectivity index (χ2v) is 7.07. The van der Waals surface area contributed by atoms with E-state index in [2.05, 4.69) is 31.0 Å². The molecule has 1 atom stereocenters. The molecule has 0 saturated heterocycles. The first-order chi connectivity index (χ1) is 9.77. The zero-order valence-corrected chi connectivity index (χ0v) is 13.2. The molecule has 0 fully saturated rings. The minimum absolute atomic E-state index is 0.0817. The maximum Gasteiger partial charge on any atom is 0.277 e. The first kappa shape index (κ1) is 15.6. The molecular formula is C15H17N2O3S-. The van der Waals surface area contributed by atoms with Crippen LogP contribution in [-0.2, 0) is 10.2 Å². The smallest absolute Gasteiger partial charge is 0.277 e. The Morgan fingerprint density at radius 2 is 1.86 bits per heavy atom. The van der Waals surface area contributed by atoms with Crippen molar-refractivity contribution in [2.24, 2.45) is 0 Å². The summed E-state index contributed by atoms with van der Waals surface area (Å²) in [6.07, 6.45) is 0. The summed E-state index contributed by atoms with van der Waals surface area (Å²) in [5.74, 6) is -0.780. The number of aliphatic carboxylic acids is 1. The Morgan fingerprint density at radius 1 is 1.24 bits per heavy atom. The fourth-order valence-corrected chi connectivity index (χ4v) is 2.30. The van der Waals surface area contributed by atoms with E-state index >= 15 is 0 Å². The lowest BCUT2D eigenvalue weighted by atomic mass is 9.87. The summed E-state index contributed by atoms with van der Waals surface area (Å²) in [7, 11) is 0. The van der Waals surface area contributed by atoms with Crippen molar-refractivity contribution in [3.63, 3.8) is 0 Å². The van der Waals surface area contributed by atoms with Crippen molar-refractivity contribution < 1.29 is 14.3 Å². The third-order valence-corrected chi connectivity index (χ3v) is 3.93. The van der Waals surface area contributed by atoms with Crippen LogP contribution in [0.25, 0.3) is 11.5 Å². The lowest BCUT2D eigenvalue weighted by Gasteiger charge is -2.18. The molecule has 1 heterocycles. The summed E-state index contributed by atoms with van der Waals surface area (Å²) in [5.41, 5.74) is 2.10. The summed E-state index contributed by atoms with van der Waals surface area (Å²) in [6.45, 7) is 7.95. The van der Waals surface area contributed by atoms with Gasteiger partial charge in [0.1, 0.15) is 0 Å². The molecule has 0 aliphatic rings. The second-order valence-electron chi connectivity index (χ2n) is 5.78. The van der Waals surface area contributed by atoms with Gasteiger partial charge in [0.2, 0.25) is 5.89 Å². The zero-order valence-electron chi connectivity index (χ0n) is 12.4. The number of carbonyl (C=O) groups is 1. The van der Waals surface area contributed by atoms with Crippen LogP contribution in [-0.4, -0.2) is 21.4 Å². The van der Waals surface area contributed by atoms with Gasteiger partial charge in [-0.2, -0.15) is 0 Å². The van der Waals surface area contributed by atoms with Gasteiger partial charge in [-0.25, -0.2) is 0 Å². The Hall–Kier alpha value is -1.82. The molecule has 0 spiro atoms. The van der Waals surface area contributed by atoms with Crippen LogP contribution in [0.5, 0.6) is 0 Å². The average molecular weight is 305 g/mol. The van der Waals surface area contributed by atoms with Crippen LogP contribution in [0.3, 0.4) is 0 Å². The van der Waals surface area contributed by atoms with E-state index in [1.807, 2.05) is 24.3 Å². The van der Waals surface area contributed by atoms with Crippen molar-refractivity contribution in [1.82, 2.24) is 10.2 Å². The van der Waals surface area contributed by atoms with E-state index < -0.39 is 11.2 Å². The van der Waals surface area contributed by atoms with Crippen LogP contribution in [0.15, 0.2) is 33.9 Å². The Morgan fingerprint density at radius 3 is 2.38 bits per heavy atom. The summed E-state index contributed by atoms with van der Waals surface area (Å²) in [4.78, 5) is 10.7. The number of carboxylic acids is 1. The van der Waals surface area contributed by atoms with E-state index in [1.54, 1.807) is 0 Å². The highest BCUT2D eigenvalue weighted by atomic mass is 32.2. The number of nitrogens with zero attached hydrogens (tertiary/aromatic N) is 2. The third kappa shape index (κ3) is 3.85. The number of carbonyl (C=O) groups excluding carboxylic acids is 1. The maximum absolute atomic E-state index is 10.7. The van der Waals surface area contributed by atoms with E-state index in [1.165, 1.54) is 12.5 Å². The molecule has 5 nitrogen and oxygen atoms in total. The topological polar surface area (TPSA) is 79.0 Å². The fraction of sp³-hybridized carbons (Fsp3) is 0.400. The molecule has 0 radical (unpaired) electrons. The molecule has 2 rings (SSSR count). The van der Waals surface area contributed by atoms with E-state index in [9.17, 15) is 9.90 Å². The van der Waals surface area contributed by atoms with Gasteiger partial charge in [0.05, 0.1) is 11.2 Å². The monoisotopic (exact) mass is 305 g/mol. The highest BCUT2D eigenvalue weighted by molar-refractivity contribution is 8.00. The Bertz CT molecular complexity index is 629. The molecular weight excluding hydrogens is 288 g/mol. The summed E-state index contributed by atoms with van der Waals surface area (Å²) in [5, 5.41) is 18.0. The van der Waals surface area contributed by atoms with Crippen molar-refractivity contribution >= 4 is 17.7 Å². The molecule has 0 N–H and O–H groups in total. The van der Waals surface area contributed by atoms with Crippen LogP contribution >= 0.6 is 11.8 Å². The third-order valence-electron chi connectivity index (χ3n) is 3.01. The van der Waals surface area contributed by atoms with Gasteiger partial charge in [-0.15, -0.1) is 10.2 Å². The second kappa shape index (κ2) is 5.89. The summed E-state index contributed by atoms with van der Waals surface area (Å²) < 4.78 is 5.47. The van der Waals surface area contributed by atoms with Crippen LogP contribution in [0.1, 0.15) is 33.3 Å². The number of carboxylic acid groups (broad SMARTS) is 1. The molecule has 1 aromatic carbocycles. The largest absolute Gasteiger partial charge is 0.549 e. The van der Waals surface area contributed by atoms with Crippen molar-refractivity contribution in [2.45, 2.75) is 43.6 Å². The van der Waals surface area contributed by atoms with Gasteiger partial charge in [-0.1, -0.05) is 44.7 Å². The predicted octanol–water partition coefficient (Wildman–Crippen LogP) is 2.26. The molecule has 0 unspecified atom stereocenters. The summed E-state index contributed by atoms with van der Waals surface area (Å²) in [6, 6.07) is 7.89. The van der Waals surface area contributed by atoms with Crippen molar-refractivity contribution in [3.8, 4) is 11.5 Å². The van der Waals surface area contributed by atoms with E-state index in [4.69, 9.17) is 4.42 Å². The number of aromatic nitrogens is 2. The van der Waals surface area contributed by atoms with Gasteiger partial charge in [0.15, 0.2) is 0 Å². The van der Waals surface area contributed by atoms with Crippen LogP contribution in [0, 0.1) is 0 Å². The molecule has 0 amide bonds. The SMILES string of the molecule is C[C@@H](Sc1nnc(-c2ccc(C(C)(C)C)cc2)o1)C(=O)[O-]. The number of hydrogen-bond donors (Lipinski definition) is 0. The molecule has 1 aromatic heterocycles. The average Bonchev–Trinajstić information content (AvgIpc) is 2.86. The van der Waals surface area contributed by atoms with E-state index in [-0.39, 0.29) is 10.6 Å². The lowest BCUT2D eigenvalue weighted by molar-refractivity contribution is -0.304. The van der Waals surface area contributed by atoms with Gasteiger partial charge in [-0.05, 0) is 30.0 Å². The maximum atomic E-state index is 10.7. The molecule has 21 heavy (non-hydrogen) atoms. The van der Waals surface area contributed by atoms with Gasteiger partial charge < -0.3 is 14.3 Å². The zero-order chi connectivity index (χ0) is 15.6. The lowest BCUT2D eigenvalue weighted by Crippen LogP contribution is -2.31. The van der Waals surface area contributed by atoms with Gasteiger partial charge >= 0.3 is 0 Å². The number of benzene rings is 1. The molecule has 6 heteroatoms. The first-order valence-electron chi connectivity index (χ1n) is 6.59. The molecule has 0 bridgehead atoms.